The molecule has 19 heavy (non-hydrogen) atoms. The van der Waals surface area contributed by atoms with Crippen LogP contribution in [0.15, 0.2) is 11.2 Å². The third-order valence-corrected chi connectivity index (χ3v) is 3.81. The summed E-state index contributed by atoms with van der Waals surface area (Å²) in [4.78, 5) is 9.45. The highest BCUT2D eigenvalue weighted by Crippen LogP contribution is 2.27. The van der Waals surface area contributed by atoms with Gasteiger partial charge in [-0.3, -0.25) is 4.90 Å². The second kappa shape index (κ2) is 4.84. The Morgan fingerprint density at radius 1 is 1.47 bits per heavy atom. The lowest BCUT2D eigenvalue weighted by atomic mass is 10.1. The summed E-state index contributed by atoms with van der Waals surface area (Å²) in [6.07, 6.45) is 1.50. The number of β-amino-alcohol motifs (C(OH)–C–C–N with tert-alkyl or cyclic N) is 1. The van der Waals surface area contributed by atoms with Crippen LogP contribution in [-0.4, -0.2) is 51.9 Å². The second-order valence-electron chi connectivity index (χ2n) is 5.20. The number of hydrogen-bond acceptors (Lipinski definition) is 6. The van der Waals surface area contributed by atoms with Crippen LogP contribution in [0.1, 0.15) is 11.3 Å². The lowest BCUT2D eigenvalue weighted by molar-refractivity contribution is 0.103. The Balaban J connectivity index is 1.71. The summed E-state index contributed by atoms with van der Waals surface area (Å²) in [5, 5.41) is 22.1. The highest BCUT2D eigenvalue weighted by atomic mass is 16.3. The summed E-state index contributed by atoms with van der Waals surface area (Å²) in [6, 6.07) is 0. The van der Waals surface area contributed by atoms with Gasteiger partial charge in [0.25, 0.3) is 0 Å². The number of guanidine groups is 1. The number of likely N-dealkylation sites (tertiary alicyclic amines) is 1. The van der Waals surface area contributed by atoms with Gasteiger partial charge in [0.2, 0.25) is 0 Å². The first kappa shape index (κ1) is 12.5. The maximum Gasteiger partial charge on any atom is 0.193 e. The molecule has 1 saturated heterocycles. The number of anilines is 1. The van der Waals surface area contributed by atoms with E-state index >= 15 is 0 Å². The number of aliphatic hydroxyl groups excluding tert-OH is 2. The molecule has 0 spiro atoms. The number of aliphatic imine (C=N–C) groups is 1. The molecule has 0 radical (unpaired) electrons. The van der Waals surface area contributed by atoms with Crippen molar-refractivity contribution in [2.75, 3.05) is 25.0 Å². The number of fused-ring (bicyclic) bond motifs is 1. The number of nitrogens with two attached hydrogens (primary N) is 1. The van der Waals surface area contributed by atoms with Crippen LogP contribution in [0.2, 0.25) is 0 Å². The van der Waals surface area contributed by atoms with E-state index in [1.54, 1.807) is 0 Å². The Bertz CT molecular complexity index is 498. The molecule has 0 aromatic carbocycles. The largest absolute Gasteiger partial charge is 0.396 e. The monoisotopic (exact) mass is 265 g/mol. The molecule has 1 fully saturated rings. The second-order valence-corrected chi connectivity index (χ2v) is 5.20. The molecular formula is C12H19N5O2. The predicted octanol–water partition coefficient (Wildman–Crippen LogP) is -0.960. The molecule has 2 unspecified atom stereocenters. The summed E-state index contributed by atoms with van der Waals surface area (Å²) >= 11 is 0. The van der Waals surface area contributed by atoms with E-state index in [2.05, 4.69) is 20.2 Å². The average molecular weight is 265 g/mol. The Hall–Kier alpha value is -1.57. The molecule has 3 heterocycles. The van der Waals surface area contributed by atoms with Crippen LogP contribution in [0, 0.1) is 5.92 Å². The molecule has 104 valence electrons. The van der Waals surface area contributed by atoms with E-state index in [9.17, 15) is 5.11 Å². The number of nitrogens with zero attached hydrogens (tertiary/aromatic N) is 2. The highest BCUT2D eigenvalue weighted by molar-refractivity contribution is 5.95. The van der Waals surface area contributed by atoms with Gasteiger partial charge in [-0.05, 0) is 0 Å². The Labute approximate surface area is 111 Å². The van der Waals surface area contributed by atoms with Crippen molar-refractivity contribution < 1.29 is 10.2 Å². The standard InChI is InChI=1S/C12H19N5O2/c13-12-15-2-9-11(16-12)7(1-14-9)3-17-4-8(6-18)10(19)5-17/h1,8,10,14,18-19H,2-6H2,(H3,13,15,16). The SMILES string of the molecule is NC1=NCc2[nH]cc(CN3CC(O)C(CO)C3)c2N1. The predicted molar refractivity (Wildman–Crippen MR) is 71.6 cm³/mol. The summed E-state index contributed by atoms with van der Waals surface area (Å²) in [5.41, 5.74) is 8.82. The maximum atomic E-state index is 9.80. The van der Waals surface area contributed by atoms with Crippen molar-refractivity contribution in [3.8, 4) is 0 Å². The number of aromatic amines is 1. The number of nitrogens with one attached hydrogen (secondary N) is 2. The van der Waals surface area contributed by atoms with Crippen LogP contribution in [0.3, 0.4) is 0 Å². The Morgan fingerprint density at radius 3 is 3.05 bits per heavy atom. The molecule has 1 aromatic rings. The molecule has 3 rings (SSSR count). The minimum atomic E-state index is -0.445. The van der Waals surface area contributed by atoms with Gasteiger partial charge in [0, 0.05) is 43.9 Å². The van der Waals surface area contributed by atoms with Crippen LogP contribution in [0.25, 0.3) is 0 Å². The van der Waals surface area contributed by atoms with Crippen LogP contribution < -0.4 is 11.1 Å². The van der Waals surface area contributed by atoms with Crippen molar-refractivity contribution in [1.82, 2.24) is 9.88 Å². The summed E-state index contributed by atoms with van der Waals surface area (Å²) in [7, 11) is 0. The van der Waals surface area contributed by atoms with E-state index in [0.717, 1.165) is 23.5 Å². The number of hydrogen-bond donors (Lipinski definition) is 5. The molecule has 0 aliphatic carbocycles. The van der Waals surface area contributed by atoms with Crippen molar-refractivity contribution in [3.05, 3.63) is 17.5 Å². The fraction of sp³-hybridized carbons (Fsp3) is 0.583. The van der Waals surface area contributed by atoms with Gasteiger partial charge >= 0.3 is 0 Å². The van der Waals surface area contributed by atoms with Crippen molar-refractivity contribution in [2.45, 2.75) is 19.2 Å². The summed E-state index contributed by atoms with van der Waals surface area (Å²) in [5.74, 6) is 0.386. The van der Waals surface area contributed by atoms with Crippen molar-refractivity contribution in [1.29, 1.82) is 0 Å². The minimum absolute atomic E-state index is 0.0285. The molecule has 1 aromatic heterocycles. The zero-order chi connectivity index (χ0) is 13.4. The number of aliphatic hydroxyl groups is 2. The first-order valence-corrected chi connectivity index (χ1v) is 6.44. The lowest BCUT2D eigenvalue weighted by Gasteiger charge is -2.18. The van der Waals surface area contributed by atoms with E-state index < -0.39 is 6.10 Å². The van der Waals surface area contributed by atoms with Gasteiger partial charge < -0.3 is 26.2 Å². The lowest BCUT2D eigenvalue weighted by Crippen LogP contribution is -2.27. The van der Waals surface area contributed by atoms with Crippen LogP contribution in [0.5, 0.6) is 0 Å². The number of rotatable bonds is 3. The summed E-state index contributed by atoms with van der Waals surface area (Å²) in [6.45, 7) is 2.62. The van der Waals surface area contributed by atoms with Gasteiger partial charge in [-0.15, -0.1) is 0 Å². The van der Waals surface area contributed by atoms with E-state index in [0.29, 0.717) is 25.6 Å². The molecular weight excluding hydrogens is 246 g/mol. The molecule has 0 saturated carbocycles. The highest BCUT2D eigenvalue weighted by Gasteiger charge is 2.31. The van der Waals surface area contributed by atoms with Gasteiger partial charge in [0.05, 0.1) is 24.0 Å². The Kier molecular flexibility index (Phi) is 3.17. The molecule has 7 heteroatoms. The molecule has 6 N–H and O–H groups in total. The molecule has 2 atom stereocenters. The van der Waals surface area contributed by atoms with Gasteiger partial charge in [0.1, 0.15) is 0 Å². The van der Waals surface area contributed by atoms with Crippen molar-refractivity contribution in [2.24, 2.45) is 16.6 Å². The van der Waals surface area contributed by atoms with Crippen LogP contribution in [-0.2, 0) is 13.1 Å². The van der Waals surface area contributed by atoms with Gasteiger partial charge in [-0.25, -0.2) is 4.99 Å². The average Bonchev–Trinajstić information content (AvgIpc) is 2.94. The van der Waals surface area contributed by atoms with E-state index in [4.69, 9.17) is 10.8 Å². The van der Waals surface area contributed by atoms with Gasteiger partial charge in [-0.2, -0.15) is 0 Å². The fourth-order valence-electron chi connectivity index (χ4n) is 2.74. The van der Waals surface area contributed by atoms with E-state index in [1.165, 1.54) is 0 Å². The topological polar surface area (TPSA) is 110 Å². The normalized spacial score (nSPS) is 26.9. The zero-order valence-electron chi connectivity index (χ0n) is 10.6. The molecule has 7 nitrogen and oxygen atoms in total. The first-order valence-electron chi connectivity index (χ1n) is 6.44. The first-order chi connectivity index (χ1) is 9.17. The number of H-pyrrole nitrogens is 1. The van der Waals surface area contributed by atoms with Crippen molar-refractivity contribution in [3.63, 3.8) is 0 Å². The van der Waals surface area contributed by atoms with Crippen LogP contribution in [0.4, 0.5) is 5.69 Å². The van der Waals surface area contributed by atoms with Crippen LogP contribution >= 0.6 is 0 Å². The number of aromatic nitrogens is 1. The third-order valence-electron chi connectivity index (χ3n) is 3.81. The molecule has 2 aliphatic rings. The molecule has 2 aliphatic heterocycles. The van der Waals surface area contributed by atoms with Gasteiger partial charge in [-0.1, -0.05) is 0 Å². The zero-order valence-corrected chi connectivity index (χ0v) is 10.6. The van der Waals surface area contributed by atoms with E-state index in [1.807, 2.05) is 6.20 Å². The smallest absolute Gasteiger partial charge is 0.193 e. The third kappa shape index (κ3) is 2.32. The quantitative estimate of drug-likeness (QED) is 0.483. The maximum absolute atomic E-state index is 9.80. The molecule has 0 bridgehead atoms. The fourth-order valence-corrected chi connectivity index (χ4v) is 2.74. The van der Waals surface area contributed by atoms with Crippen molar-refractivity contribution >= 4 is 11.6 Å². The van der Waals surface area contributed by atoms with E-state index in [-0.39, 0.29) is 12.5 Å². The molecule has 0 amide bonds. The van der Waals surface area contributed by atoms with Gasteiger partial charge in [0.15, 0.2) is 5.96 Å². The Morgan fingerprint density at radius 2 is 2.32 bits per heavy atom. The minimum Gasteiger partial charge on any atom is -0.396 e. The summed E-state index contributed by atoms with van der Waals surface area (Å²) < 4.78 is 0.